The number of likely N-dealkylation sites (tertiary alicyclic amines) is 1. The van der Waals surface area contributed by atoms with Crippen LogP contribution < -0.4 is 10.6 Å². The molecule has 0 unspecified atom stereocenters. The Labute approximate surface area is 222 Å². The van der Waals surface area contributed by atoms with Crippen molar-refractivity contribution in [2.24, 2.45) is 11.8 Å². The van der Waals surface area contributed by atoms with Crippen LogP contribution in [0.3, 0.4) is 0 Å². The third-order valence-electron chi connectivity index (χ3n) is 7.94. The molecule has 3 aliphatic heterocycles. The summed E-state index contributed by atoms with van der Waals surface area (Å²) in [5, 5.41) is 13.3. The Bertz CT molecular complexity index is 1180. The summed E-state index contributed by atoms with van der Waals surface area (Å²) in [6.07, 6.45) is 5.82. The molecule has 0 spiro atoms. The molecule has 4 heterocycles. The molecule has 200 valence electrons. The van der Waals surface area contributed by atoms with Gasteiger partial charge in [-0.25, -0.2) is 0 Å². The molecule has 4 amide bonds. The van der Waals surface area contributed by atoms with Crippen molar-refractivity contribution in [3.8, 4) is 0 Å². The highest BCUT2D eigenvalue weighted by Crippen LogP contribution is 2.36. The van der Waals surface area contributed by atoms with Crippen molar-refractivity contribution in [2.45, 2.75) is 57.2 Å². The lowest BCUT2D eigenvalue weighted by Gasteiger charge is -2.51. The molecule has 5 atom stereocenters. The van der Waals surface area contributed by atoms with Gasteiger partial charge in [0.1, 0.15) is 12.1 Å². The SMILES string of the molecule is C[C@H]1NC(=O)CCC[C@H]2[C@@H]3C[C@@H](CN(C(=O)c4ccnnc4)C3)CN2C(=O)[C@H](Cc2ccccc2)NC1=O. The van der Waals surface area contributed by atoms with Crippen molar-refractivity contribution in [3.05, 3.63) is 59.9 Å². The predicted octanol–water partition coefficient (Wildman–Crippen LogP) is 1.18. The number of nitrogens with one attached hydrogen (secondary N) is 2. The minimum absolute atomic E-state index is 0.0786. The smallest absolute Gasteiger partial charge is 0.255 e. The summed E-state index contributed by atoms with van der Waals surface area (Å²) in [5.41, 5.74) is 1.45. The first-order chi connectivity index (χ1) is 18.4. The topological polar surface area (TPSA) is 125 Å². The zero-order chi connectivity index (χ0) is 26.6. The van der Waals surface area contributed by atoms with E-state index in [0.29, 0.717) is 44.5 Å². The summed E-state index contributed by atoms with van der Waals surface area (Å²) in [5.74, 6) is -0.502. The van der Waals surface area contributed by atoms with Gasteiger partial charge in [-0.2, -0.15) is 10.2 Å². The maximum Gasteiger partial charge on any atom is 0.255 e. The fourth-order valence-electron chi connectivity index (χ4n) is 6.13. The van der Waals surface area contributed by atoms with Crippen LogP contribution in [0.5, 0.6) is 0 Å². The summed E-state index contributed by atoms with van der Waals surface area (Å²) >= 11 is 0. The van der Waals surface area contributed by atoms with Gasteiger partial charge in [0.05, 0.1) is 18.0 Å². The van der Waals surface area contributed by atoms with Crippen LogP contribution in [-0.4, -0.2) is 81.4 Å². The van der Waals surface area contributed by atoms with Gasteiger partial charge in [0.25, 0.3) is 5.91 Å². The molecule has 10 nitrogen and oxygen atoms in total. The van der Waals surface area contributed by atoms with Crippen LogP contribution in [0.1, 0.15) is 48.5 Å². The fraction of sp³-hybridized carbons (Fsp3) is 0.500. The molecule has 2 N–H and O–H groups in total. The second-order valence-electron chi connectivity index (χ2n) is 10.7. The number of aromatic nitrogens is 2. The van der Waals surface area contributed by atoms with Gasteiger partial charge in [-0.3, -0.25) is 19.2 Å². The summed E-state index contributed by atoms with van der Waals surface area (Å²) in [6, 6.07) is 9.71. The largest absolute Gasteiger partial charge is 0.345 e. The standard InChI is InChI=1S/C28H34N6O4/c1-18-26(36)32-23(13-19-6-3-2-4-7-19)28(38)34-16-20-12-22(24(34)8-5-9-25(35)31-18)17-33(15-20)27(37)21-10-11-29-30-14-21/h2-4,6-7,10-11,14,18,20,22-24H,5,8-9,12-13,15-17H2,1H3,(H,31,35)(H,32,36)/t18-,20+,22-,23+,24+/m1/s1. The second kappa shape index (κ2) is 11.3. The van der Waals surface area contributed by atoms with Crippen LogP contribution in [0.2, 0.25) is 0 Å². The first-order valence-electron chi connectivity index (χ1n) is 13.4. The third kappa shape index (κ3) is 5.69. The van der Waals surface area contributed by atoms with Crippen molar-refractivity contribution in [3.63, 3.8) is 0 Å². The number of hydrogen-bond donors (Lipinski definition) is 2. The van der Waals surface area contributed by atoms with Gasteiger partial charge in [-0.05, 0) is 49.7 Å². The lowest BCUT2D eigenvalue weighted by molar-refractivity contribution is -0.145. The van der Waals surface area contributed by atoms with E-state index in [9.17, 15) is 19.2 Å². The predicted molar refractivity (Wildman–Crippen MR) is 139 cm³/mol. The number of benzene rings is 1. The summed E-state index contributed by atoms with van der Waals surface area (Å²) in [7, 11) is 0. The maximum atomic E-state index is 14.1. The van der Waals surface area contributed by atoms with E-state index in [4.69, 9.17) is 0 Å². The zero-order valence-electron chi connectivity index (χ0n) is 21.6. The molecule has 0 radical (unpaired) electrons. The van der Waals surface area contributed by atoms with Gasteiger partial charge in [0.2, 0.25) is 17.7 Å². The van der Waals surface area contributed by atoms with E-state index in [0.717, 1.165) is 12.0 Å². The molecule has 2 aromatic rings. The minimum Gasteiger partial charge on any atom is -0.345 e. The lowest BCUT2D eigenvalue weighted by atomic mass is 9.77. The number of nitrogens with zero attached hydrogens (tertiary/aromatic N) is 4. The van der Waals surface area contributed by atoms with Gasteiger partial charge in [0, 0.05) is 38.5 Å². The Morgan fingerprint density at radius 1 is 1.03 bits per heavy atom. The molecule has 1 aromatic carbocycles. The molecule has 5 rings (SSSR count). The lowest BCUT2D eigenvalue weighted by Crippen LogP contribution is -2.63. The number of rotatable bonds is 3. The highest BCUT2D eigenvalue weighted by molar-refractivity contribution is 5.94. The normalized spacial score (nSPS) is 28.3. The van der Waals surface area contributed by atoms with Crippen molar-refractivity contribution in [2.75, 3.05) is 19.6 Å². The Kier molecular flexibility index (Phi) is 7.67. The molecular weight excluding hydrogens is 484 g/mol. The first-order valence-corrected chi connectivity index (χ1v) is 13.4. The molecule has 3 fully saturated rings. The molecule has 38 heavy (non-hydrogen) atoms. The van der Waals surface area contributed by atoms with Crippen molar-refractivity contribution >= 4 is 23.6 Å². The van der Waals surface area contributed by atoms with Crippen LogP contribution in [-0.2, 0) is 20.8 Å². The Morgan fingerprint density at radius 3 is 2.61 bits per heavy atom. The number of piperidine rings is 2. The van der Waals surface area contributed by atoms with E-state index in [-0.39, 0.29) is 47.9 Å². The van der Waals surface area contributed by atoms with Crippen LogP contribution >= 0.6 is 0 Å². The molecule has 0 saturated carbocycles. The van der Waals surface area contributed by atoms with E-state index in [1.807, 2.05) is 40.1 Å². The average Bonchev–Trinajstić information content (AvgIpc) is 2.93. The van der Waals surface area contributed by atoms with Gasteiger partial charge in [0.15, 0.2) is 0 Å². The quantitative estimate of drug-likeness (QED) is 0.629. The Balaban J connectivity index is 1.41. The van der Waals surface area contributed by atoms with E-state index >= 15 is 0 Å². The number of carbonyl (C=O) groups excluding carboxylic acids is 4. The number of hydrogen-bond acceptors (Lipinski definition) is 6. The molecule has 0 aliphatic carbocycles. The van der Waals surface area contributed by atoms with Gasteiger partial charge in [-0.1, -0.05) is 30.3 Å². The second-order valence-corrected chi connectivity index (χ2v) is 10.7. The average molecular weight is 519 g/mol. The third-order valence-corrected chi connectivity index (χ3v) is 7.94. The molecule has 2 bridgehead atoms. The molecule has 3 aliphatic rings. The van der Waals surface area contributed by atoms with Crippen molar-refractivity contribution in [1.82, 2.24) is 30.6 Å². The summed E-state index contributed by atoms with van der Waals surface area (Å²) in [4.78, 5) is 56.6. The maximum absolute atomic E-state index is 14.1. The zero-order valence-corrected chi connectivity index (χ0v) is 21.6. The molecule has 10 heteroatoms. The van der Waals surface area contributed by atoms with Crippen LogP contribution in [0.4, 0.5) is 0 Å². The van der Waals surface area contributed by atoms with E-state index in [1.165, 1.54) is 12.4 Å². The monoisotopic (exact) mass is 518 g/mol. The fourth-order valence-corrected chi connectivity index (χ4v) is 6.13. The van der Waals surface area contributed by atoms with E-state index in [1.54, 1.807) is 13.0 Å². The van der Waals surface area contributed by atoms with Gasteiger partial charge >= 0.3 is 0 Å². The number of amides is 4. The van der Waals surface area contributed by atoms with Gasteiger partial charge in [-0.15, -0.1) is 0 Å². The van der Waals surface area contributed by atoms with Crippen molar-refractivity contribution < 1.29 is 19.2 Å². The Hall–Kier alpha value is -3.82. The van der Waals surface area contributed by atoms with Crippen molar-refractivity contribution in [1.29, 1.82) is 0 Å². The number of fused-ring (bicyclic) bond motifs is 4. The summed E-state index contributed by atoms with van der Waals surface area (Å²) < 4.78 is 0. The first kappa shape index (κ1) is 25.8. The molecular formula is C28H34N6O4. The van der Waals surface area contributed by atoms with Gasteiger partial charge < -0.3 is 20.4 Å². The highest BCUT2D eigenvalue weighted by atomic mass is 16.2. The highest BCUT2D eigenvalue weighted by Gasteiger charge is 2.45. The minimum atomic E-state index is -0.745. The molecule has 3 saturated heterocycles. The van der Waals surface area contributed by atoms with Crippen LogP contribution in [0.25, 0.3) is 0 Å². The Morgan fingerprint density at radius 2 is 1.84 bits per heavy atom. The van der Waals surface area contributed by atoms with E-state index < -0.39 is 12.1 Å². The van der Waals surface area contributed by atoms with E-state index in [2.05, 4.69) is 20.8 Å². The van der Waals surface area contributed by atoms with Crippen LogP contribution in [0.15, 0.2) is 48.8 Å². The van der Waals surface area contributed by atoms with Crippen LogP contribution in [0, 0.1) is 11.8 Å². The molecule has 1 aromatic heterocycles. The summed E-state index contributed by atoms with van der Waals surface area (Å²) in [6.45, 7) is 3.25. The number of carbonyl (C=O) groups is 4.